The van der Waals surface area contributed by atoms with Crippen LogP contribution in [0, 0.1) is 0 Å². The zero-order chi connectivity index (χ0) is 33.9. The highest BCUT2D eigenvalue weighted by atomic mass is 16.1. The monoisotopic (exact) mass is 661 g/mol. The van der Waals surface area contributed by atoms with E-state index in [-0.39, 0.29) is 12.1 Å². The molecule has 2 atom stereocenters. The van der Waals surface area contributed by atoms with Crippen molar-refractivity contribution >= 4 is 12.1 Å². The predicted octanol–water partition coefficient (Wildman–Crippen LogP) is 13.2. The van der Waals surface area contributed by atoms with Crippen LogP contribution in [0.25, 0.3) is 0 Å². The van der Waals surface area contributed by atoms with Crippen LogP contribution in [0.3, 0.4) is 0 Å². The third kappa shape index (κ3) is 28.6. The van der Waals surface area contributed by atoms with Gasteiger partial charge in [-0.1, -0.05) is 213 Å². The van der Waals surface area contributed by atoms with Crippen molar-refractivity contribution in [2.75, 3.05) is 6.54 Å². The molecule has 1 heterocycles. The van der Waals surface area contributed by atoms with Gasteiger partial charge in [-0.25, -0.2) is 9.89 Å². The van der Waals surface area contributed by atoms with Gasteiger partial charge in [0, 0.05) is 19.8 Å². The Balaban J connectivity index is 1.89. The molecular formula is C43H86N3O+. The number of nitrogens with one attached hydrogen (secondary N) is 2. The fraction of sp³-hybridized carbons (Fsp3) is 0.953. The Morgan fingerprint density at radius 2 is 0.872 bits per heavy atom. The van der Waals surface area contributed by atoms with Crippen LogP contribution >= 0.6 is 0 Å². The van der Waals surface area contributed by atoms with Crippen LogP contribution in [0.4, 0.5) is 0 Å². The number of carbonyl (C=O) groups is 1. The molecule has 1 aliphatic heterocycles. The maximum absolute atomic E-state index is 12.6. The van der Waals surface area contributed by atoms with Gasteiger partial charge in [-0.2, -0.15) is 0 Å². The molecule has 0 aliphatic carbocycles. The molecule has 4 nitrogen and oxygen atoms in total. The normalized spacial score (nSPS) is 15.3. The van der Waals surface area contributed by atoms with E-state index in [1.165, 1.54) is 212 Å². The minimum absolute atomic E-state index is 0.0781. The van der Waals surface area contributed by atoms with Crippen LogP contribution < -0.4 is 10.6 Å². The molecule has 0 saturated carbocycles. The van der Waals surface area contributed by atoms with Gasteiger partial charge in [0.1, 0.15) is 0 Å². The third-order valence-corrected chi connectivity index (χ3v) is 10.7. The predicted molar refractivity (Wildman–Crippen MR) is 209 cm³/mol. The van der Waals surface area contributed by atoms with Crippen LogP contribution in [0.1, 0.15) is 245 Å². The quantitative estimate of drug-likeness (QED) is 0.0514. The van der Waals surface area contributed by atoms with Crippen LogP contribution in [0.2, 0.25) is 0 Å². The molecule has 278 valence electrons. The molecule has 0 fully saturated rings. The molecule has 2 N–H and O–H groups in total. The number of unbranched alkanes of at least 4 members (excludes halogenated alkanes) is 31. The summed E-state index contributed by atoms with van der Waals surface area (Å²) >= 11 is 0. The van der Waals surface area contributed by atoms with E-state index in [1.54, 1.807) is 0 Å². The standard InChI is InChI=1S/C43H85N3O/c1-4-6-8-10-12-14-16-18-20-22-23-25-27-29-31-33-35-37-42-44-39-40-46(42)41(3)45-43(47)38-36-34-32-30-28-26-24-21-19-17-15-13-11-9-7-5-2/h40-42,44H,4-39H2,1-3H3/p+1. The summed E-state index contributed by atoms with van der Waals surface area (Å²) in [5, 5.41) is 6.91. The van der Waals surface area contributed by atoms with E-state index >= 15 is 0 Å². The Kier molecular flexibility index (Phi) is 32.8. The molecule has 0 bridgehead atoms. The molecule has 1 rings (SSSR count). The molecule has 47 heavy (non-hydrogen) atoms. The number of nitrogens with zero attached hydrogens (tertiary/aromatic N) is 1. The lowest BCUT2D eigenvalue weighted by Crippen LogP contribution is -2.46. The summed E-state index contributed by atoms with van der Waals surface area (Å²) in [5.41, 5.74) is 0. The lowest BCUT2D eigenvalue weighted by Gasteiger charge is -2.17. The Morgan fingerprint density at radius 3 is 1.23 bits per heavy atom. The minimum atomic E-state index is 0.0781. The summed E-state index contributed by atoms with van der Waals surface area (Å²) in [6, 6.07) is 0. The summed E-state index contributed by atoms with van der Waals surface area (Å²) in [5.74, 6) is 0.222. The second-order valence-corrected chi connectivity index (χ2v) is 15.3. The molecule has 0 saturated heterocycles. The minimum Gasteiger partial charge on any atom is -0.299 e. The summed E-state index contributed by atoms with van der Waals surface area (Å²) in [7, 11) is 0. The second-order valence-electron chi connectivity index (χ2n) is 15.3. The van der Waals surface area contributed by atoms with E-state index in [4.69, 9.17) is 0 Å². The van der Waals surface area contributed by atoms with E-state index in [0.29, 0.717) is 12.6 Å². The molecule has 0 radical (unpaired) electrons. The van der Waals surface area contributed by atoms with E-state index in [2.05, 4.69) is 42.2 Å². The smallest absolute Gasteiger partial charge is 0.226 e. The highest BCUT2D eigenvalue weighted by Crippen LogP contribution is 2.17. The lowest BCUT2D eigenvalue weighted by molar-refractivity contribution is -0.595. The molecule has 0 aromatic rings. The van der Waals surface area contributed by atoms with Crippen molar-refractivity contribution in [3.63, 3.8) is 0 Å². The largest absolute Gasteiger partial charge is 0.299 e. The topological polar surface area (TPSA) is 44.1 Å². The van der Waals surface area contributed by atoms with Crippen molar-refractivity contribution in [2.24, 2.45) is 0 Å². The molecule has 0 aromatic heterocycles. The van der Waals surface area contributed by atoms with Gasteiger partial charge in [-0.3, -0.25) is 10.1 Å². The molecular weight excluding hydrogens is 574 g/mol. The molecule has 2 unspecified atom stereocenters. The van der Waals surface area contributed by atoms with E-state index < -0.39 is 0 Å². The number of carbonyl (C=O) groups excluding carboxylic acids is 1. The molecule has 1 amide bonds. The first-order valence-corrected chi connectivity index (χ1v) is 21.8. The van der Waals surface area contributed by atoms with Gasteiger partial charge in [0.15, 0.2) is 6.21 Å². The number of rotatable bonds is 37. The maximum atomic E-state index is 12.6. The maximum Gasteiger partial charge on any atom is 0.226 e. The van der Waals surface area contributed by atoms with Crippen molar-refractivity contribution in [1.29, 1.82) is 0 Å². The Labute approximate surface area is 295 Å². The van der Waals surface area contributed by atoms with Crippen molar-refractivity contribution in [1.82, 2.24) is 10.6 Å². The van der Waals surface area contributed by atoms with Crippen LogP contribution in [0.5, 0.6) is 0 Å². The third-order valence-electron chi connectivity index (χ3n) is 10.7. The van der Waals surface area contributed by atoms with Gasteiger partial charge in [0.2, 0.25) is 18.2 Å². The number of amides is 1. The van der Waals surface area contributed by atoms with Gasteiger partial charge in [0.05, 0.1) is 6.54 Å². The van der Waals surface area contributed by atoms with Crippen molar-refractivity contribution < 1.29 is 9.37 Å². The molecule has 0 spiro atoms. The fourth-order valence-electron chi connectivity index (χ4n) is 7.48. The van der Waals surface area contributed by atoms with Gasteiger partial charge in [-0.15, -0.1) is 0 Å². The van der Waals surface area contributed by atoms with Gasteiger partial charge in [-0.05, 0) is 12.8 Å². The highest BCUT2D eigenvalue weighted by Gasteiger charge is 2.30. The van der Waals surface area contributed by atoms with Crippen molar-refractivity contribution in [3.8, 4) is 0 Å². The van der Waals surface area contributed by atoms with Crippen LogP contribution in [0.15, 0.2) is 0 Å². The summed E-state index contributed by atoms with van der Waals surface area (Å²) in [6.07, 6.45) is 50.6. The molecule has 0 aromatic carbocycles. The van der Waals surface area contributed by atoms with Crippen LogP contribution in [-0.2, 0) is 4.79 Å². The zero-order valence-electron chi connectivity index (χ0n) is 32.5. The van der Waals surface area contributed by atoms with Crippen molar-refractivity contribution in [3.05, 3.63) is 0 Å². The van der Waals surface area contributed by atoms with E-state index in [1.807, 2.05) is 0 Å². The first-order chi connectivity index (χ1) is 23.2. The summed E-state index contributed by atoms with van der Waals surface area (Å²) in [4.78, 5) is 12.6. The fourth-order valence-corrected chi connectivity index (χ4v) is 7.48. The Hall–Kier alpha value is -0.900. The Morgan fingerprint density at radius 1 is 0.553 bits per heavy atom. The first-order valence-electron chi connectivity index (χ1n) is 21.8. The first kappa shape index (κ1) is 44.1. The summed E-state index contributed by atoms with van der Waals surface area (Å²) in [6.45, 7) is 7.66. The summed E-state index contributed by atoms with van der Waals surface area (Å²) < 4.78 is 2.36. The second kappa shape index (κ2) is 34.9. The van der Waals surface area contributed by atoms with Gasteiger partial charge in [0.25, 0.3) is 0 Å². The average molecular weight is 661 g/mol. The average Bonchev–Trinajstić information content (AvgIpc) is 3.55. The highest BCUT2D eigenvalue weighted by molar-refractivity contribution is 5.76. The molecule has 1 aliphatic rings. The Bertz CT molecular complexity index is 693. The van der Waals surface area contributed by atoms with Crippen molar-refractivity contribution in [2.45, 2.75) is 258 Å². The van der Waals surface area contributed by atoms with E-state index in [0.717, 1.165) is 13.0 Å². The lowest BCUT2D eigenvalue weighted by atomic mass is 10.0. The number of hydrogen-bond donors (Lipinski definition) is 2. The van der Waals surface area contributed by atoms with E-state index in [9.17, 15) is 4.79 Å². The SMILES string of the molecule is CCCCCCCCCCCCCCCCCCCC1NCC=[N+]1C(C)NC(=O)CCCCCCCCCCCCCCCCCC. The number of hydrogen-bond acceptors (Lipinski definition) is 2. The van der Waals surface area contributed by atoms with Gasteiger partial charge >= 0.3 is 0 Å². The van der Waals surface area contributed by atoms with Crippen LogP contribution in [-0.4, -0.2) is 35.6 Å². The zero-order valence-corrected chi connectivity index (χ0v) is 32.5. The molecule has 4 heteroatoms. The van der Waals surface area contributed by atoms with Gasteiger partial charge < -0.3 is 0 Å².